The van der Waals surface area contributed by atoms with Crippen molar-refractivity contribution >= 4 is 5.69 Å². The molecule has 2 aliphatic rings. The van der Waals surface area contributed by atoms with Crippen LogP contribution in [0.15, 0.2) is 18.2 Å². The van der Waals surface area contributed by atoms with Crippen LogP contribution in [-0.2, 0) is 0 Å². The molecule has 1 unspecified atom stereocenters. The maximum atomic E-state index is 5.39. The predicted molar refractivity (Wildman–Crippen MR) is 66.9 cm³/mol. The van der Waals surface area contributed by atoms with Crippen LogP contribution in [0.2, 0.25) is 0 Å². The van der Waals surface area contributed by atoms with E-state index < -0.39 is 0 Å². The number of ether oxygens (including phenoxy) is 2. The molecule has 1 saturated heterocycles. The first-order valence-corrected chi connectivity index (χ1v) is 6.17. The zero-order valence-corrected chi connectivity index (χ0v) is 10.1. The number of fused-ring (bicyclic) bond motifs is 1. The number of anilines is 1. The van der Waals surface area contributed by atoms with Gasteiger partial charge in [0.1, 0.15) is 0 Å². The molecular weight excluding hydrogens is 216 g/mol. The van der Waals surface area contributed by atoms with Crippen LogP contribution in [0.5, 0.6) is 11.5 Å². The topological polar surface area (TPSA) is 33.7 Å². The Morgan fingerprint density at radius 1 is 1.35 bits per heavy atom. The lowest BCUT2D eigenvalue weighted by Crippen LogP contribution is -2.35. The van der Waals surface area contributed by atoms with Crippen LogP contribution >= 0.6 is 0 Å². The lowest BCUT2D eigenvalue weighted by atomic mass is 10.2. The van der Waals surface area contributed by atoms with Crippen molar-refractivity contribution in [3.63, 3.8) is 0 Å². The average Bonchev–Trinajstić information content (AvgIpc) is 2.97. The highest BCUT2D eigenvalue weighted by Crippen LogP contribution is 2.35. The first kappa shape index (κ1) is 10.7. The number of nitrogens with one attached hydrogen (secondary N) is 1. The van der Waals surface area contributed by atoms with Gasteiger partial charge in [0.05, 0.1) is 0 Å². The van der Waals surface area contributed by atoms with E-state index in [4.69, 9.17) is 9.47 Å². The molecule has 3 rings (SSSR count). The summed E-state index contributed by atoms with van der Waals surface area (Å²) < 4.78 is 10.7. The van der Waals surface area contributed by atoms with Crippen molar-refractivity contribution in [1.29, 1.82) is 0 Å². The summed E-state index contributed by atoms with van der Waals surface area (Å²) >= 11 is 0. The van der Waals surface area contributed by atoms with Gasteiger partial charge in [-0.3, -0.25) is 0 Å². The van der Waals surface area contributed by atoms with Crippen LogP contribution in [0.1, 0.15) is 12.8 Å². The fourth-order valence-electron chi connectivity index (χ4n) is 2.47. The van der Waals surface area contributed by atoms with E-state index in [0.29, 0.717) is 12.8 Å². The van der Waals surface area contributed by atoms with E-state index in [9.17, 15) is 0 Å². The molecule has 0 aliphatic carbocycles. The van der Waals surface area contributed by atoms with Crippen molar-refractivity contribution in [2.45, 2.75) is 18.9 Å². The molecule has 2 heterocycles. The second-order valence-electron chi connectivity index (χ2n) is 4.71. The van der Waals surface area contributed by atoms with Crippen LogP contribution < -0.4 is 19.7 Å². The van der Waals surface area contributed by atoms with Crippen LogP contribution in [0.3, 0.4) is 0 Å². The normalized spacial score (nSPS) is 21.8. The minimum Gasteiger partial charge on any atom is -0.454 e. The van der Waals surface area contributed by atoms with Gasteiger partial charge in [-0.25, -0.2) is 0 Å². The van der Waals surface area contributed by atoms with Gasteiger partial charge in [0.25, 0.3) is 0 Å². The van der Waals surface area contributed by atoms with Crippen molar-refractivity contribution < 1.29 is 9.47 Å². The maximum Gasteiger partial charge on any atom is 0.231 e. The zero-order valence-electron chi connectivity index (χ0n) is 10.1. The van der Waals surface area contributed by atoms with Crippen molar-refractivity contribution in [2.75, 3.05) is 31.8 Å². The Kier molecular flexibility index (Phi) is 2.81. The molecule has 4 nitrogen and oxygen atoms in total. The number of likely N-dealkylation sites (N-methyl/N-ethyl adjacent to an activating group) is 1. The fraction of sp³-hybridized carbons (Fsp3) is 0.538. The van der Waals surface area contributed by atoms with E-state index in [1.807, 2.05) is 6.07 Å². The Morgan fingerprint density at radius 3 is 3.06 bits per heavy atom. The van der Waals surface area contributed by atoms with Gasteiger partial charge in [0, 0.05) is 31.4 Å². The fourth-order valence-corrected chi connectivity index (χ4v) is 2.47. The molecule has 92 valence electrons. The number of hydrogen-bond donors (Lipinski definition) is 1. The van der Waals surface area contributed by atoms with Crippen molar-refractivity contribution in [3.05, 3.63) is 18.2 Å². The summed E-state index contributed by atoms with van der Waals surface area (Å²) in [7, 11) is 2.12. The molecule has 1 atom stereocenters. The molecule has 0 amide bonds. The summed E-state index contributed by atoms with van der Waals surface area (Å²) in [6.45, 7) is 2.53. The SMILES string of the molecule is CN(CC1CCCN1)c1ccc2c(c1)OCO2. The molecule has 0 bridgehead atoms. The van der Waals surface area contributed by atoms with Crippen LogP contribution in [-0.4, -0.2) is 33.0 Å². The highest BCUT2D eigenvalue weighted by atomic mass is 16.7. The molecule has 0 saturated carbocycles. The molecule has 4 heteroatoms. The Morgan fingerprint density at radius 2 is 2.24 bits per heavy atom. The van der Waals surface area contributed by atoms with Crippen LogP contribution in [0, 0.1) is 0 Å². The van der Waals surface area contributed by atoms with E-state index in [1.54, 1.807) is 0 Å². The zero-order chi connectivity index (χ0) is 11.7. The Hall–Kier alpha value is -1.42. The summed E-state index contributed by atoms with van der Waals surface area (Å²) in [5.41, 5.74) is 1.18. The van der Waals surface area contributed by atoms with Gasteiger partial charge in [-0.05, 0) is 31.5 Å². The summed E-state index contributed by atoms with van der Waals surface area (Å²) in [6.07, 6.45) is 2.56. The summed E-state index contributed by atoms with van der Waals surface area (Å²) in [6, 6.07) is 6.74. The summed E-state index contributed by atoms with van der Waals surface area (Å²) in [4.78, 5) is 2.27. The molecule has 1 fully saturated rings. The summed E-state index contributed by atoms with van der Waals surface area (Å²) in [5.74, 6) is 1.70. The Bertz CT molecular complexity index is 402. The summed E-state index contributed by atoms with van der Waals surface area (Å²) in [5, 5.41) is 3.51. The van der Waals surface area contributed by atoms with Gasteiger partial charge >= 0.3 is 0 Å². The average molecular weight is 234 g/mol. The number of rotatable bonds is 3. The first-order valence-electron chi connectivity index (χ1n) is 6.17. The molecule has 17 heavy (non-hydrogen) atoms. The van der Waals surface area contributed by atoms with Crippen molar-refractivity contribution in [2.24, 2.45) is 0 Å². The largest absolute Gasteiger partial charge is 0.454 e. The van der Waals surface area contributed by atoms with Gasteiger partial charge in [-0.1, -0.05) is 0 Å². The van der Waals surface area contributed by atoms with E-state index in [0.717, 1.165) is 24.6 Å². The standard InChI is InChI=1S/C13H18N2O2/c1-15(8-10-3-2-6-14-10)11-4-5-12-13(7-11)17-9-16-12/h4-5,7,10,14H,2-3,6,8-9H2,1H3. The number of benzene rings is 1. The van der Waals surface area contributed by atoms with Crippen molar-refractivity contribution in [3.8, 4) is 11.5 Å². The van der Waals surface area contributed by atoms with Crippen LogP contribution in [0.4, 0.5) is 5.69 Å². The second kappa shape index (κ2) is 4.45. The van der Waals surface area contributed by atoms with Crippen molar-refractivity contribution in [1.82, 2.24) is 5.32 Å². The van der Waals surface area contributed by atoms with Gasteiger partial charge in [0.2, 0.25) is 6.79 Å². The molecule has 1 N–H and O–H groups in total. The molecule has 0 aromatic heterocycles. The first-order chi connectivity index (χ1) is 8.33. The highest BCUT2D eigenvalue weighted by Gasteiger charge is 2.18. The van der Waals surface area contributed by atoms with Gasteiger partial charge < -0.3 is 19.7 Å². The van der Waals surface area contributed by atoms with E-state index in [2.05, 4.69) is 29.4 Å². The minimum absolute atomic E-state index is 0.340. The number of hydrogen-bond acceptors (Lipinski definition) is 4. The quantitative estimate of drug-likeness (QED) is 0.861. The maximum absolute atomic E-state index is 5.39. The Balaban J connectivity index is 1.70. The third-order valence-corrected chi connectivity index (χ3v) is 3.45. The molecule has 1 aromatic rings. The molecule has 0 radical (unpaired) electrons. The van der Waals surface area contributed by atoms with Gasteiger partial charge in [-0.2, -0.15) is 0 Å². The highest BCUT2D eigenvalue weighted by molar-refractivity contribution is 5.56. The van der Waals surface area contributed by atoms with E-state index in [-0.39, 0.29) is 0 Å². The molecular formula is C13H18N2O2. The predicted octanol–water partition coefficient (Wildman–Crippen LogP) is 1.60. The molecule has 0 spiro atoms. The molecule has 2 aliphatic heterocycles. The van der Waals surface area contributed by atoms with E-state index in [1.165, 1.54) is 18.5 Å². The Labute approximate surface area is 102 Å². The number of nitrogens with zero attached hydrogens (tertiary/aromatic N) is 1. The third-order valence-electron chi connectivity index (χ3n) is 3.45. The lowest BCUT2D eigenvalue weighted by molar-refractivity contribution is 0.174. The molecule has 1 aromatic carbocycles. The smallest absolute Gasteiger partial charge is 0.231 e. The van der Waals surface area contributed by atoms with Gasteiger partial charge in [-0.15, -0.1) is 0 Å². The van der Waals surface area contributed by atoms with E-state index >= 15 is 0 Å². The monoisotopic (exact) mass is 234 g/mol. The third kappa shape index (κ3) is 2.17. The van der Waals surface area contributed by atoms with Crippen LogP contribution in [0.25, 0.3) is 0 Å². The minimum atomic E-state index is 0.340. The lowest BCUT2D eigenvalue weighted by Gasteiger charge is -2.23. The second-order valence-corrected chi connectivity index (χ2v) is 4.71. The van der Waals surface area contributed by atoms with Gasteiger partial charge in [0.15, 0.2) is 11.5 Å².